The van der Waals surface area contributed by atoms with Crippen LogP contribution in [-0.4, -0.2) is 37.7 Å². The van der Waals surface area contributed by atoms with E-state index in [2.05, 4.69) is 25.4 Å². The third kappa shape index (κ3) is 3.47. The van der Waals surface area contributed by atoms with Crippen molar-refractivity contribution in [3.63, 3.8) is 0 Å². The molecular weight excluding hydrogens is 250 g/mol. The molecule has 0 spiro atoms. The number of aryl methyl sites for hydroxylation is 2. The summed E-state index contributed by atoms with van der Waals surface area (Å²) in [6, 6.07) is 1.41. The average Bonchev–Trinajstić information content (AvgIpc) is 2.74. The number of hydrogen-bond donors (Lipinski definition) is 2. The molecule has 2 heterocycles. The zero-order valence-corrected chi connectivity index (χ0v) is 10.5. The van der Waals surface area contributed by atoms with Crippen LogP contribution in [0.3, 0.4) is 0 Å². The van der Waals surface area contributed by atoms with Crippen molar-refractivity contribution >= 4 is 11.9 Å². The first-order chi connectivity index (χ1) is 9.04. The Balaban J connectivity index is 1.97. The molecule has 0 aliphatic carbocycles. The van der Waals surface area contributed by atoms with Crippen LogP contribution in [0.15, 0.2) is 10.6 Å². The highest BCUT2D eigenvalue weighted by molar-refractivity contribution is 5.85. The predicted molar refractivity (Wildman–Crippen MR) is 65.0 cm³/mol. The van der Waals surface area contributed by atoms with E-state index < -0.39 is 5.97 Å². The van der Waals surface area contributed by atoms with Gasteiger partial charge in [0.05, 0.1) is 0 Å². The lowest BCUT2D eigenvalue weighted by molar-refractivity contribution is 0.0690. The van der Waals surface area contributed by atoms with Crippen molar-refractivity contribution < 1.29 is 14.4 Å². The first-order valence-electron chi connectivity index (χ1n) is 5.66. The number of carboxylic acids is 1. The van der Waals surface area contributed by atoms with E-state index in [1.807, 2.05) is 0 Å². The molecule has 2 N–H and O–H groups in total. The Morgan fingerprint density at radius 3 is 2.79 bits per heavy atom. The lowest BCUT2D eigenvalue weighted by Gasteiger charge is -2.05. The molecule has 2 aromatic heterocycles. The normalized spacial score (nSPS) is 10.4. The molecule has 100 valence electrons. The fourth-order valence-electron chi connectivity index (χ4n) is 1.49. The molecule has 0 unspecified atom stereocenters. The van der Waals surface area contributed by atoms with Gasteiger partial charge in [-0.15, -0.1) is 0 Å². The second-order valence-electron chi connectivity index (χ2n) is 3.93. The van der Waals surface area contributed by atoms with Gasteiger partial charge in [0.2, 0.25) is 11.8 Å². The van der Waals surface area contributed by atoms with Crippen molar-refractivity contribution in [1.82, 2.24) is 20.1 Å². The van der Waals surface area contributed by atoms with E-state index in [1.54, 1.807) is 13.8 Å². The van der Waals surface area contributed by atoms with Crippen LogP contribution in [0.2, 0.25) is 0 Å². The molecule has 0 aliphatic heterocycles. The molecule has 2 aromatic rings. The van der Waals surface area contributed by atoms with Gasteiger partial charge in [0.25, 0.3) is 0 Å². The van der Waals surface area contributed by atoms with Crippen molar-refractivity contribution in [2.24, 2.45) is 0 Å². The molecule has 0 aliphatic rings. The Morgan fingerprint density at radius 2 is 2.16 bits per heavy atom. The Labute approximate surface area is 108 Å². The second kappa shape index (κ2) is 5.42. The summed E-state index contributed by atoms with van der Waals surface area (Å²) in [5.41, 5.74) is 0.552. The van der Waals surface area contributed by atoms with Gasteiger partial charge >= 0.3 is 5.97 Å². The third-order valence-corrected chi connectivity index (χ3v) is 2.27. The molecule has 0 amide bonds. The minimum absolute atomic E-state index is 0.0367. The largest absolute Gasteiger partial charge is 0.477 e. The number of carboxylic acid groups (broad SMARTS) is 1. The van der Waals surface area contributed by atoms with Crippen molar-refractivity contribution in [2.75, 3.05) is 11.9 Å². The van der Waals surface area contributed by atoms with Crippen LogP contribution >= 0.6 is 0 Å². The van der Waals surface area contributed by atoms with E-state index in [0.717, 1.165) is 0 Å². The maximum absolute atomic E-state index is 10.9. The van der Waals surface area contributed by atoms with Gasteiger partial charge < -0.3 is 14.9 Å². The summed E-state index contributed by atoms with van der Waals surface area (Å²) in [6.07, 6.45) is 0.539. The molecule has 0 saturated carbocycles. The van der Waals surface area contributed by atoms with Gasteiger partial charge in [-0.25, -0.2) is 14.8 Å². The maximum Gasteiger partial charge on any atom is 0.354 e. The molecule has 19 heavy (non-hydrogen) atoms. The van der Waals surface area contributed by atoms with Crippen molar-refractivity contribution in [2.45, 2.75) is 20.3 Å². The molecule has 0 saturated heterocycles. The highest BCUT2D eigenvalue weighted by Gasteiger charge is 2.08. The van der Waals surface area contributed by atoms with Crippen LogP contribution in [0.5, 0.6) is 0 Å². The Kier molecular flexibility index (Phi) is 3.69. The van der Waals surface area contributed by atoms with Crippen LogP contribution in [0.1, 0.15) is 27.9 Å². The topological polar surface area (TPSA) is 114 Å². The fourth-order valence-corrected chi connectivity index (χ4v) is 1.49. The van der Waals surface area contributed by atoms with Gasteiger partial charge in [0.1, 0.15) is 0 Å². The summed E-state index contributed by atoms with van der Waals surface area (Å²) in [4.78, 5) is 22.9. The molecule has 0 fully saturated rings. The Hall–Kier alpha value is -2.51. The van der Waals surface area contributed by atoms with Crippen LogP contribution in [0.25, 0.3) is 0 Å². The third-order valence-electron chi connectivity index (χ3n) is 2.27. The number of aromatic carboxylic acids is 1. The fraction of sp³-hybridized carbons (Fsp3) is 0.364. The van der Waals surface area contributed by atoms with E-state index in [0.29, 0.717) is 30.4 Å². The van der Waals surface area contributed by atoms with Gasteiger partial charge in [-0.05, 0) is 13.0 Å². The second-order valence-corrected chi connectivity index (χ2v) is 3.93. The number of hydrogen-bond acceptors (Lipinski definition) is 7. The summed E-state index contributed by atoms with van der Waals surface area (Å²) in [5, 5.41) is 15.6. The van der Waals surface area contributed by atoms with Gasteiger partial charge in [-0.2, -0.15) is 4.98 Å². The van der Waals surface area contributed by atoms with E-state index in [1.165, 1.54) is 6.07 Å². The molecule has 0 radical (unpaired) electrons. The lowest BCUT2D eigenvalue weighted by atomic mass is 10.3. The summed E-state index contributed by atoms with van der Waals surface area (Å²) in [7, 11) is 0. The highest BCUT2D eigenvalue weighted by Crippen LogP contribution is 2.05. The molecule has 8 heteroatoms. The van der Waals surface area contributed by atoms with Crippen LogP contribution in [0, 0.1) is 13.8 Å². The molecule has 8 nitrogen and oxygen atoms in total. The summed E-state index contributed by atoms with van der Waals surface area (Å²) in [5.74, 6) is 0.283. The van der Waals surface area contributed by atoms with Gasteiger partial charge in [-0.1, -0.05) is 5.16 Å². The van der Waals surface area contributed by atoms with Crippen LogP contribution < -0.4 is 5.32 Å². The SMILES string of the molecule is Cc1cc(C(=O)O)nc(NCCc2noc(C)n2)n1. The van der Waals surface area contributed by atoms with E-state index >= 15 is 0 Å². The minimum Gasteiger partial charge on any atom is -0.477 e. The van der Waals surface area contributed by atoms with E-state index in [4.69, 9.17) is 9.63 Å². The van der Waals surface area contributed by atoms with Crippen LogP contribution in [0.4, 0.5) is 5.95 Å². The highest BCUT2D eigenvalue weighted by atomic mass is 16.5. The molecule has 0 aromatic carbocycles. The number of carbonyl (C=O) groups is 1. The van der Waals surface area contributed by atoms with E-state index in [-0.39, 0.29) is 11.6 Å². The van der Waals surface area contributed by atoms with Crippen molar-refractivity contribution in [1.29, 1.82) is 0 Å². The lowest BCUT2D eigenvalue weighted by Crippen LogP contribution is -2.12. The quantitative estimate of drug-likeness (QED) is 0.815. The first kappa shape index (κ1) is 12.9. The van der Waals surface area contributed by atoms with Gasteiger partial charge in [0.15, 0.2) is 11.5 Å². The number of anilines is 1. The van der Waals surface area contributed by atoms with Gasteiger partial charge in [-0.3, -0.25) is 0 Å². The molecule has 2 rings (SSSR count). The average molecular weight is 263 g/mol. The number of nitrogens with zero attached hydrogens (tertiary/aromatic N) is 4. The number of nitrogens with one attached hydrogen (secondary N) is 1. The summed E-state index contributed by atoms with van der Waals surface area (Å²) < 4.78 is 4.84. The molecule has 0 atom stereocenters. The Bertz CT molecular complexity index is 596. The zero-order chi connectivity index (χ0) is 13.8. The van der Waals surface area contributed by atoms with Crippen molar-refractivity contribution in [3.05, 3.63) is 29.2 Å². The van der Waals surface area contributed by atoms with Crippen LogP contribution in [-0.2, 0) is 6.42 Å². The number of rotatable bonds is 5. The minimum atomic E-state index is -1.08. The smallest absolute Gasteiger partial charge is 0.354 e. The maximum atomic E-state index is 10.9. The summed E-state index contributed by atoms with van der Waals surface area (Å²) in [6.45, 7) is 3.91. The van der Waals surface area contributed by atoms with E-state index in [9.17, 15) is 4.79 Å². The molecule has 0 bridgehead atoms. The Morgan fingerprint density at radius 1 is 1.37 bits per heavy atom. The first-order valence-corrected chi connectivity index (χ1v) is 5.66. The van der Waals surface area contributed by atoms with Crippen molar-refractivity contribution in [3.8, 4) is 0 Å². The predicted octanol–water partition coefficient (Wildman–Crippen LogP) is 0.829. The van der Waals surface area contributed by atoms with Gasteiger partial charge in [0, 0.05) is 25.6 Å². The molecular formula is C11H13N5O3. The monoisotopic (exact) mass is 263 g/mol. The standard InChI is InChI=1S/C11H13N5O3/c1-6-5-8(10(17)18)15-11(13-6)12-4-3-9-14-7(2)19-16-9/h5H,3-4H2,1-2H3,(H,17,18)(H,12,13,15). The number of aromatic nitrogens is 4. The summed E-state index contributed by atoms with van der Waals surface area (Å²) >= 11 is 0. The zero-order valence-electron chi connectivity index (χ0n) is 10.5.